The van der Waals surface area contributed by atoms with E-state index in [1.165, 1.54) is 23.1 Å². The fraction of sp³-hybridized carbons (Fsp3) is 0.346. The maximum atomic E-state index is 12.9. The number of hydrogen-bond donors (Lipinski definition) is 1. The highest BCUT2D eigenvalue weighted by Crippen LogP contribution is 2.27. The van der Waals surface area contributed by atoms with Gasteiger partial charge < -0.3 is 24.8 Å². The zero-order chi connectivity index (χ0) is 27.1. The number of halogens is 1. The van der Waals surface area contributed by atoms with Crippen LogP contribution in [0.5, 0.6) is 5.75 Å². The van der Waals surface area contributed by atoms with Crippen LogP contribution in [0.4, 0.5) is 4.79 Å². The second-order valence-corrected chi connectivity index (χ2v) is 9.07. The number of nitrogens with two attached hydrogens (primary N) is 1. The SMILES string of the molecule is CCOC(=O)COc1ccc(C(=O)CN2Cc3cc(/C(N)=N/C(=O)OCC(C)C)ccc3C2=O)cc1Cl. The van der Waals surface area contributed by atoms with Gasteiger partial charge in [0.1, 0.15) is 11.6 Å². The van der Waals surface area contributed by atoms with Gasteiger partial charge in [0, 0.05) is 23.2 Å². The summed E-state index contributed by atoms with van der Waals surface area (Å²) in [6, 6.07) is 9.26. The lowest BCUT2D eigenvalue weighted by Gasteiger charge is -2.15. The summed E-state index contributed by atoms with van der Waals surface area (Å²) in [6.45, 7) is 5.66. The van der Waals surface area contributed by atoms with Gasteiger partial charge in [0.25, 0.3) is 5.91 Å². The number of carbonyl (C=O) groups is 4. The number of nitrogens with zero attached hydrogens (tertiary/aromatic N) is 2. The van der Waals surface area contributed by atoms with Crippen molar-refractivity contribution in [3.63, 3.8) is 0 Å². The molecule has 1 aliphatic rings. The minimum atomic E-state index is -0.786. The van der Waals surface area contributed by atoms with E-state index in [2.05, 4.69) is 4.99 Å². The van der Waals surface area contributed by atoms with Crippen molar-refractivity contribution in [2.24, 2.45) is 16.6 Å². The number of amidine groups is 1. The average Bonchev–Trinajstić information content (AvgIpc) is 3.16. The second kappa shape index (κ2) is 12.4. The molecule has 1 heterocycles. The van der Waals surface area contributed by atoms with Gasteiger partial charge in [-0.15, -0.1) is 0 Å². The molecule has 2 amide bonds. The molecule has 0 fully saturated rings. The molecule has 0 saturated heterocycles. The number of amides is 2. The second-order valence-electron chi connectivity index (χ2n) is 8.66. The molecule has 3 rings (SSSR count). The minimum absolute atomic E-state index is 0.0292. The van der Waals surface area contributed by atoms with Gasteiger partial charge in [-0.3, -0.25) is 9.59 Å². The highest BCUT2D eigenvalue weighted by atomic mass is 35.5. The zero-order valence-corrected chi connectivity index (χ0v) is 21.5. The number of benzene rings is 2. The Bertz CT molecular complexity index is 1240. The van der Waals surface area contributed by atoms with E-state index in [0.29, 0.717) is 16.7 Å². The predicted octanol–water partition coefficient (Wildman–Crippen LogP) is 3.62. The van der Waals surface area contributed by atoms with Gasteiger partial charge in [-0.25, -0.2) is 9.59 Å². The van der Waals surface area contributed by atoms with Crippen molar-refractivity contribution in [1.82, 2.24) is 4.90 Å². The van der Waals surface area contributed by atoms with E-state index in [9.17, 15) is 19.2 Å². The van der Waals surface area contributed by atoms with Crippen LogP contribution in [0.3, 0.4) is 0 Å². The molecule has 37 heavy (non-hydrogen) atoms. The molecule has 0 radical (unpaired) electrons. The van der Waals surface area contributed by atoms with Gasteiger partial charge in [-0.1, -0.05) is 31.5 Å². The summed E-state index contributed by atoms with van der Waals surface area (Å²) in [6.07, 6.45) is -0.786. The third kappa shape index (κ3) is 7.29. The van der Waals surface area contributed by atoms with Crippen molar-refractivity contribution in [1.29, 1.82) is 0 Å². The molecule has 0 saturated carbocycles. The van der Waals surface area contributed by atoms with Crippen LogP contribution in [0, 0.1) is 5.92 Å². The molecule has 2 N–H and O–H groups in total. The topological polar surface area (TPSA) is 138 Å². The molecule has 11 heteroatoms. The van der Waals surface area contributed by atoms with Crippen LogP contribution in [0.2, 0.25) is 5.02 Å². The average molecular weight is 530 g/mol. The number of rotatable bonds is 10. The largest absolute Gasteiger partial charge is 0.480 e. The number of aliphatic imine (C=N–C) groups is 1. The van der Waals surface area contributed by atoms with Crippen LogP contribution in [-0.4, -0.2) is 60.9 Å². The van der Waals surface area contributed by atoms with Crippen LogP contribution in [0.15, 0.2) is 41.4 Å². The molecule has 0 aliphatic carbocycles. The van der Waals surface area contributed by atoms with Crippen LogP contribution in [0.25, 0.3) is 0 Å². The van der Waals surface area contributed by atoms with E-state index in [0.717, 1.165) is 0 Å². The third-order valence-electron chi connectivity index (χ3n) is 5.27. The fourth-order valence-corrected chi connectivity index (χ4v) is 3.73. The van der Waals surface area contributed by atoms with Crippen LogP contribution in [0.1, 0.15) is 52.6 Å². The molecule has 0 unspecified atom stereocenters. The van der Waals surface area contributed by atoms with E-state index in [1.54, 1.807) is 25.1 Å². The van der Waals surface area contributed by atoms with Gasteiger partial charge >= 0.3 is 12.1 Å². The van der Waals surface area contributed by atoms with E-state index < -0.39 is 12.1 Å². The van der Waals surface area contributed by atoms with E-state index in [4.69, 9.17) is 31.5 Å². The number of fused-ring (bicyclic) bond motifs is 1. The molecule has 0 spiro atoms. The van der Waals surface area contributed by atoms with E-state index in [1.807, 2.05) is 13.8 Å². The summed E-state index contributed by atoms with van der Waals surface area (Å²) in [4.78, 5) is 54.2. The first-order valence-electron chi connectivity index (χ1n) is 11.6. The van der Waals surface area contributed by atoms with Crippen molar-refractivity contribution in [3.8, 4) is 5.75 Å². The highest BCUT2D eigenvalue weighted by molar-refractivity contribution is 6.32. The number of carbonyl (C=O) groups excluding carboxylic acids is 4. The summed E-state index contributed by atoms with van der Waals surface area (Å²) in [7, 11) is 0. The smallest absolute Gasteiger partial charge is 0.435 e. The first-order valence-corrected chi connectivity index (χ1v) is 12.0. The van der Waals surface area contributed by atoms with Gasteiger partial charge in [-0.05, 0) is 48.7 Å². The molecule has 0 atom stereocenters. The monoisotopic (exact) mass is 529 g/mol. The molecule has 2 aromatic rings. The Morgan fingerprint density at radius 2 is 1.84 bits per heavy atom. The molecule has 196 valence electrons. The van der Waals surface area contributed by atoms with Gasteiger partial charge in [-0.2, -0.15) is 4.99 Å². The first kappa shape index (κ1) is 27.7. The number of ether oxygens (including phenoxy) is 3. The van der Waals surface area contributed by atoms with Crippen molar-refractivity contribution >= 4 is 41.2 Å². The Hall–Kier alpha value is -3.92. The molecular weight excluding hydrogens is 502 g/mol. The quantitative estimate of drug-likeness (QED) is 0.213. The molecular formula is C26H28ClN3O7. The Morgan fingerprint density at radius 3 is 2.51 bits per heavy atom. The lowest BCUT2D eigenvalue weighted by atomic mass is 10.1. The van der Waals surface area contributed by atoms with Crippen LogP contribution in [-0.2, 0) is 20.8 Å². The van der Waals surface area contributed by atoms with Crippen molar-refractivity contribution in [2.75, 3.05) is 26.4 Å². The molecule has 0 aromatic heterocycles. The number of esters is 1. The van der Waals surface area contributed by atoms with E-state index in [-0.39, 0.29) is 72.7 Å². The lowest BCUT2D eigenvalue weighted by Crippen LogP contribution is -2.30. The fourth-order valence-electron chi connectivity index (χ4n) is 3.50. The summed E-state index contributed by atoms with van der Waals surface area (Å²) in [5.74, 6) is -0.794. The van der Waals surface area contributed by atoms with Crippen molar-refractivity contribution in [3.05, 3.63) is 63.7 Å². The lowest BCUT2D eigenvalue weighted by molar-refractivity contribution is -0.145. The van der Waals surface area contributed by atoms with Gasteiger partial charge in [0.15, 0.2) is 12.4 Å². The van der Waals surface area contributed by atoms with Gasteiger partial charge in [0.05, 0.1) is 24.8 Å². The normalized spacial score (nSPS) is 12.9. The summed E-state index contributed by atoms with van der Waals surface area (Å²) in [5, 5.41) is 0.150. The first-order chi connectivity index (χ1) is 17.6. The van der Waals surface area contributed by atoms with Crippen LogP contribution >= 0.6 is 11.6 Å². The minimum Gasteiger partial charge on any atom is -0.480 e. The van der Waals surface area contributed by atoms with Gasteiger partial charge in [0.2, 0.25) is 0 Å². The maximum absolute atomic E-state index is 12.9. The molecule has 1 aliphatic heterocycles. The summed E-state index contributed by atoms with van der Waals surface area (Å²) >= 11 is 6.20. The molecule has 10 nitrogen and oxygen atoms in total. The Morgan fingerprint density at radius 1 is 1.11 bits per heavy atom. The van der Waals surface area contributed by atoms with E-state index >= 15 is 0 Å². The van der Waals surface area contributed by atoms with Crippen molar-refractivity contribution in [2.45, 2.75) is 27.3 Å². The number of Topliss-reactive ketones (excluding diaryl/α,β-unsaturated/α-hetero) is 1. The molecule has 2 aromatic carbocycles. The standard InChI is InChI=1S/C26H28ClN3O7/c1-4-35-23(32)14-36-22-8-6-16(10-20(22)27)21(31)12-30-11-18-9-17(5-7-19(18)25(30)33)24(28)29-26(34)37-13-15(2)3/h5-10,15H,4,11-14H2,1-3H3,(H2,28,29,34). The summed E-state index contributed by atoms with van der Waals surface area (Å²) in [5.41, 5.74) is 7.80. The Balaban J connectivity index is 1.64. The van der Waals surface area contributed by atoms with Crippen molar-refractivity contribution < 1.29 is 33.4 Å². The zero-order valence-electron chi connectivity index (χ0n) is 20.8. The Kier molecular flexibility index (Phi) is 9.24. The van der Waals surface area contributed by atoms with Crippen LogP contribution < -0.4 is 10.5 Å². The maximum Gasteiger partial charge on any atom is 0.435 e. The highest BCUT2D eigenvalue weighted by Gasteiger charge is 2.29. The Labute approximate surface area is 219 Å². The summed E-state index contributed by atoms with van der Waals surface area (Å²) < 4.78 is 15.1. The number of ketones is 1. The molecule has 0 bridgehead atoms. The predicted molar refractivity (Wildman–Crippen MR) is 136 cm³/mol. The third-order valence-corrected chi connectivity index (χ3v) is 5.57. The number of hydrogen-bond acceptors (Lipinski definition) is 7.